The van der Waals surface area contributed by atoms with Crippen molar-refractivity contribution in [1.29, 1.82) is 0 Å². The highest BCUT2D eigenvalue weighted by Crippen LogP contribution is 2.39. The molecule has 1 saturated carbocycles. The number of H-pyrrole nitrogens is 1. The zero-order valence-corrected chi connectivity index (χ0v) is 4.83. The number of nitrogens with one attached hydrogen (secondary N) is 1. The van der Waals surface area contributed by atoms with Gasteiger partial charge >= 0.3 is 0 Å². The van der Waals surface area contributed by atoms with Gasteiger partial charge < -0.3 is 5.73 Å². The fraction of sp³-hybridized carbons (Fsp3) is 0.750. The lowest BCUT2D eigenvalue weighted by atomic mass is 10.3. The molecule has 48 valence electrons. The number of tetrazole rings is 1. The smallest absolute Gasteiger partial charge is 0.194 e. The Balaban J connectivity index is 2.34. The Morgan fingerprint density at radius 3 is 2.78 bits per heavy atom. The molecule has 0 bridgehead atoms. The van der Waals surface area contributed by atoms with Gasteiger partial charge in [0.25, 0.3) is 0 Å². The van der Waals surface area contributed by atoms with Crippen molar-refractivity contribution in [2.75, 3.05) is 0 Å². The minimum absolute atomic E-state index is 0.243. The van der Waals surface area contributed by atoms with Crippen LogP contribution in [0.15, 0.2) is 0 Å². The molecular weight excluding hydrogens is 118 g/mol. The van der Waals surface area contributed by atoms with Crippen LogP contribution in [0, 0.1) is 0 Å². The summed E-state index contributed by atoms with van der Waals surface area (Å²) in [4.78, 5) is 0. The highest BCUT2D eigenvalue weighted by molar-refractivity contribution is 5.11. The normalized spacial score (nSPS) is 21.9. The van der Waals surface area contributed by atoms with E-state index in [1.54, 1.807) is 0 Å². The highest BCUT2D eigenvalue weighted by Gasteiger charge is 2.43. The third-order valence-electron chi connectivity index (χ3n) is 1.58. The first-order valence-electron chi connectivity index (χ1n) is 2.84. The molecule has 9 heavy (non-hydrogen) atoms. The fourth-order valence-electron chi connectivity index (χ4n) is 0.731. The molecule has 1 fully saturated rings. The van der Waals surface area contributed by atoms with E-state index in [2.05, 4.69) is 20.6 Å². The van der Waals surface area contributed by atoms with E-state index in [0.717, 1.165) is 12.8 Å². The van der Waals surface area contributed by atoms with E-state index in [9.17, 15) is 0 Å². The molecule has 0 radical (unpaired) electrons. The third-order valence-corrected chi connectivity index (χ3v) is 1.58. The fourth-order valence-corrected chi connectivity index (χ4v) is 0.731. The molecule has 2 rings (SSSR count). The number of hydrogen-bond donors (Lipinski definition) is 2. The molecule has 5 heteroatoms. The number of aromatic nitrogens is 4. The molecule has 5 nitrogen and oxygen atoms in total. The molecule has 0 saturated heterocycles. The van der Waals surface area contributed by atoms with Crippen LogP contribution in [0.4, 0.5) is 0 Å². The second-order valence-electron chi connectivity index (χ2n) is 2.39. The van der Waals surface area contributed by atoms with Gasteiger partial charge in [0, 0.05) is 0 Å². The van der Waals surface area contributed by atoms with Gasteiger partial charge in [-0.3, -0.25) is 0 Å². The monoisotopic (exact) mass is 125 g/mol. The maximum atomic E-state index is 5.73. The quantitative estimate of drug-likeness (QED) is 0.512. The maximum Gasteiger partial charge on any atom is 0.194 e. The highest BCUT2D eigenvalue weighted by atomic mass is 15.5. The zero-order valence-electron chi connectivity index (χ0n) is 4.83. The molecule has 0 aromatic carbocycles. The molecule has 1 heterocycles. The first kappa shape index (κ1) is 4.87. The Morgan fingerprint density at radius 2 is 2.33 bits per heavy atom. The van der Waals surface area contributed by atoms with Crippen molar-refractivity contribution >= 4 is 0 Å². The first-order chi connectivity index (χ1) is 4.31. The van der Waals surface area contributed by atoms with Crippen molar-refractivity contribution < 1.29 is 0 Å². The number of hydrogen-bond acceptors (Lipinski definition) is 4. The maximum absolute atomic E-state index is 5.73. The number of nitrogens with two attached hydrogens (primary N) is 1. The third kappa shape index (κ3) is 0.613. The van der Waals surface area contributed by atoms with Crippen LogP contribution in [0.2, 0.25) is 0 Å². The van der Waals surface area contributed by atoms with E-state index in [1.807, 2.05) is 0 Å². The molecule has 0 atom stereocenters. The molecule has 1 aromatic heterocycles. The van der Waals surface area contributed by atoms with Crippen LogP contribution in [0.25, 0.3) is 0 Å². The van der Waals surface area contributed by atoms with Crippen molar-refractivity contribution in [2.45, 2.75) is 18.4 Å². The minimum Gasteiger partial charge on any atom is -0.319 e. The summed E-state index contributed by atoms with van der Waals surface area (Å²) >= 11 is 0. The van der Waals surface area contributed by atoms with E-state index >= 15 is 0 Å². The molecule has 3 N–H and O–H groups in total. The van der Waals surface area contributed by atoms with Crippen LogP contribution >= 0.6 is 0 Å². The second kappa shape index (κ2) is 1.30. The van der Waals surface area contributed by atoms with Crippen molar-refractivity contribution in [3.8, 4) is 0 Å². The Kier molecular flexibility index (Phi) is 0.702. The number of aromatic amines is 1. The van der Waals surface area contributed by atoms with Crippen molar-refractivity contribution in [3.63, 3.8) is 0 Å². The van der Waals surface area contributed by atoms with Crippen LogP contribution in [0.5, 0.6) is 0 Å². The van der Waals surface area contributed by atoms with E-state index in [1.165, 1.54) is 0 Å². The number of nitrogens with zero attached hydrogens (tertiary/aromatic N) is 3. The minimum atomic E-state index is -0.243. The summed E-state index contributed by atoms with van der Waals surface area (Å²) in [5.41, 5.74) is 5.48. The van der Waals surface area contributed by atoms with Gasteiger partial charge in [-0.05, 0) is 12.8 Å². The summed E-state index contributed by atoms with van der Waals surface area (Å²) in [7, 11) is 0. The second-order valence-corrected chi connectivity index (χ2v) is 2.39. The molecule has 0 unspecified atom stereocenters. The van der Waals surface area contributed by atoms with E-state index in [-0.39, 0.29) is 5.54 Å². The molecule has 1 aliphatic carbocycles. The summed E-state index contributed by atoms with van der Waals surface area (Å²) in [5.74, 6) is 0.641. The van der Waals surface area contributed by atoms with Crippen LogP contribution in [-0.2, 0) is 5.54 Å². The van der Waals surface area contributed by atoms with Crippen molar-refractivity contribution in [2.24, 2.45) is 5.73 Å². The van der Waals surface area contributed by atoms with Gasteiger partial charge in [0.15, 0.2) is 5.82 Å². The summed E-state index contributed by atoms with van der Waals surface area (Å²) in [6, 6.07) is 0. The Bertz CT molecular complexity index is 199. The molecular formula is C4H7N5. The molecule has 0 spiro atoms. The lowest BCUT2D eigenvalue weighted by molar-refractivity contribution is 0.674. The zero-order chi connectivity index (χ0) is 6.32. The summed E-state index contributed by atoms with van der Waals surface area (Å²) in [6.07, 6.45) is 1.96. The predicted octanol–water partition coefficient (Wildman–Crippen LogP) is -0.853. The van der Waals surface area contributed by atoms with Gasteiger partial charge in [-0.1, -0.05) is 5.21 Å². The van der Waals surface area contributed by atoms with Gasteiger partial charge in [-0.25, -0.2) is 0 Å². The number of rotatable bonds is 1. The standard InChI is InChI=1S/C4H7N5/c5-4(1-2-4)3-6-8-9-7-3/h1-2,5H2,(H,6,7,8,9). The topological polar surface area (TPSA) is 80.5 Å². The van der Waals surface area contributed by atoms with Gasteiger partial charge in [0.05, 0.1) is 5.54 Å². The molecule has 1 aliphatic rings. The van der Waals surface area contributed by atoms with Crippen LogP contribution in [0.1, 0.15) is 18.7 Å². The SMILES string of the molecule is NC1(c2nn[nH]n2)CC1. The Labute approximate surface area is 51.6 Å². The Hall–Kier alpha value is -0.970. The van der Waals surface area contributed by atoms with E-state index in [0.29, 0.717) is 5.82 Å². The largest absolute Gasteiger partial charge is 0.319 e. The molecule has 1 aromatic rings. The van der Waals surface area contributed by atoms with E-state index < -0.39 is 0 Å². The summed E-state index contributed by atoms with van der Waals surface area (Å²) in [6.45, 7) is 0. The average Bonchev–Trinajstić information content (AvgIpc) is 2.46. The average molecular weight is 125 g/mol. The lowest BCUT2D eigenvalue weighted by Gasteiger charge is -1.96. The Morgan fingerprint density at radius 1 is 1.56 bits per heavy atom. The van der Waals surface area contributed by atoms with Gasteiger partial charge in [0.1, 0.15) is 0 Å². The van der Waals surface area contributed by atoms with Gasteiger partial charge in [0.2, 0.25) is 0 Å². The summed E-state index contributed by atoms with van der Waals surface area (Å²) in [5, 5.41) is 13.3. The van der Waals surface area contributed by atoms with E-state index in [4.69, 9.17) is 5.73 Å². The van der Waals surface area contributed by atoms with Crippen molar-refractivity contribution in [3.05, 3.63) is 5.82 Å². The lowest BCUT2D eigenvalue weighted by Crippen LogP contribution is -2.20. The van der Waals surface area contributed by atoms with Crippen LogP contribution in [0.3, 0.4) is 0 Å². The van der Waals surface area contributed by atoms with Crippen molar-refractivity contribution in [1.82, 2.24) is 20.6 Å². The van der Waals surface area contributed by atoms with Crippen LogP contribution in [-0.4, -0.2) is 20.6 Å². The molecule has 0 amide bonds. The molecule has 0 aliphatic heterocycles. The first-order valence-corrected chi connectivity index (χ1v) is 2.84. The predicted molar refractivity (Wildman–Crippen MR) is 29.3 cm³/mol. The summed E-state index contributed by atoms with van der Waals surface area (Å²) < 4.78 is 0. The van der Waals surface area contributed by atoms with Gasteiger partial charge in [-0.2, -0.15) is 5.21 Å². The van der Waals surface area contributed by atoms with Gasteiger partial charge in [-0.15, -0.1) is 10.2 Å². The van der Waals surface area contributed by atoms with Crippen LogP contribution < -0.4 is 5.73 Å².